The predicted molar refractivity (Wildman–Crippen MR) is 130 cm³/mol. The van der Waals surface area contributed by atoms with Gasteiger partial charge in [0, 0.05) is 18.4 Å². The van der Waals surface area contributed by atoms with Gasteiger partial charge in [-0.25, -0.2) is 0 Å². The second-order valence-electron chi connectivity index (χ2n) is 8.45. The van der Waals surface area contributed by atoms with Crippen LogP contribution in [0.5, 0.6) is 17.2 Å². The van der Waals surface area contributed by atoms with Gasteiger partial charge in [-0.2, -0.15) is 0 Å². The summed E-state index contributed by atoms with van der Waals surface area (Å²) in [6.45, 7) is 3.93. The Morgan fingerprint density at radius 1 is 0.973 bits per heavy atom. The number of alkyl halides is 3. The van der Waals surface area contributed by atoms with Gasteiger partial charge in [-0.3, -0.25) is 9.59 Å². The highest BCUT2D eigenvalue weighted by molar-refractivity contribution is 6.10. The minimum atomic E-state index is -4.90. The molecule has 1 N–H and O–H groups in total. The van der Waals surface area contributed by atoms with Crippen LogP contribution in [0.25, 0.3) is 0 Å². The number of ketones is 1. The molecular weight excluding hydrogens is 489 g/mol. The predicted octanol–water partition coefficient (Wildman–Crippen LogP) is 6.38. The Morgan fingerprint density at radius 3 is 2.32 bits per heavy atom. The van der Waals surface area contributed by atoms with Gasteiger partial charge in [0.15, 0.2) is 5.78 Å². The topological polar surface area (TPSA) is 82.1 Å². The average Bonchev–Trinajstić information content (AvgIpc) is 2.83. The van der Waals surface area contributed by atoms with Crippen LogP contribution in [0.4, 0.5) is 13.2 Å². The summed E-state index contributed by atoms with van der Waals surface area (Å²) in [5.74, 6) is -1.11. The van der Waals surface area contributed by atoms with E-state index in [-0.39, 0.29) is 24.3 Å². The Hall–Kier alpha value is -4.01. The van der Waals surface area contributed by atoms with Crippen LogP contribution in [0.1, 0.15) is 46.8 Å². The van der Waals surface area contributed by atoms with Gasteiger partial charge < -0.3 is 19.3 Å². The maximum Gasteiger partial charge on any atom is 0.573 e. The Morgan fingerprint density at radius 2 is 1.68 bits per heavy atom. The van der Waals surface area contributed by atoms with Gasteiger partial charge in [-0.05, 0) is 61.7 Å². The van der Waals surface area contributed by atoms with Crippen LogP contribution in [-0.4, -0.2) is 35.9 Å². The minimum absolute atomic E-state index is 0.0479. The molecule has 0 saturated heterocycles. The Kier molecular flexibility index (Phi) is 9.16. The molecule has 3 aromatic carbocycles. The SMILES string of the molecule is Cc1cc(OCCC(C)Oc2ccc(OC(F)(F)F)cc2C(=O)c2ccccc2)ccc1CCC(=O)O. The third-order valence-corrected chi connectivity index (χ3v) is 5.51. The lowest BCUT2D eigenvalue weighted by molar-refractivity contribution is -0.274. The van der Waals surface area contributed by atoms with Crippen LogP contribution in [0.15, 0.2) is 66.7 Å². The fourth-order valence-electron chi connectivity index (χ4n) is 3.63. The number of hydrogen-bond acceptors (Lipinski definition) is 5. The first-order chi connectivity index (χ1) is 17.5. The summed E-state index contributed by atoms with van der Waals surface area (Å²) >= 11 is 0. The number of aliphatic carboxylic acids is 1. The van der Waals surface area contributed by atoms with Gasteiger partial charge in [0.1, 0.15) is 17.2 Å². The van der Waals surface area contributed by atoms with Crippen molar-refractivity contribution in [2.75, 3.05) is 6.61 Å². The quantitative estimate of drug-likeness (QED) is 0.282. The van der Waals surface area contributed by atoms with Crippen molar-refractivity contribution in [2.45, 2.75) is 45.6 Å². The van der Waals surface area contributed by atoms with Crippen molar-refractivity contribution in [1.29, 1.82) is 0 Å². The summed E-state index contributed by atoms with van der Waals surface area (Å²) in [6, 6.07) is 17.0. The van der Waals surface area contributed by atoms with Gasteiger partial charge in [-0.1, -0.05) is 36.4 Å². The Labute approximate surface area is 212 Å². The molecule has 0 fully saturated rings. The number of carboxylic acid groups (broad SMARTS) is 1. The molecule has 1 unspecified atom stereocenters. The maximum atomic E-state index is 13.0. The van der Waals surface area contributed by atoms with E-state index in [0.29, 0.717) is 24.2 Å². The lowest BCUT2D eigenvalue weighted by Crippen LogP contribution is -2.19. The molecule has 0 spiro atoms. The average molecular weight is 517 g/mol. The minimum Gasteiger partial charge on any atom is -0.493 e. The lowest BCUT2D eigenvalue weighted by atomic mass is 10.0. The summed E-state index contributed by atoms with van der Waals surface area (Å²) < 4.78 is 53.9. The summed E-state index contributed by atoms with van der Waals surface area (Å²) in [5.41, 5.74) is 2.11. The summed E-state index contributed by atoms with van der Waals surface area (Å²) in [6.07, 6.45) is -4.41. The van der Waals surface area contributed by atoms with Crippen molar-refractivity contribution < 1.29 is 42.1 Å². The number of aryl methyl sites for hydroxylation is 2. The second-order valence-corrected chi connectivity index (χ2v) is 8.45. The molecule has 3 aromatic rings. The molecule has 0 heterocycles. The zero-order valence-corrected chi connectivity index (χ0v) is 20.4. The maximum absolute atomic E-state index is 13.0. The number of halogens is 3. The lowest BCUT2D eigenvalue weighted by Gasteiger charge is -2.19. The zero-order chi connectivity index (χ0) is 27.0. The van der Waals surface area contributed by atoms with E-state index in [9.17, 15) is 22.8 Å². The highest BCUT2D eigenvalue weighted by atomic mass is 19.4. The molecule has 0 amide bonds. The van der Waals surface area contributed by atoms with Crippen molar-refractivity contribution in [3.05, 3.63) is 89.0 Å². The van der Waals surface area contributed by atoms with Gasteiger partial charge >= 0.3 is 12.3 Å². The Bertz CT molecular complexity index is 1220. The first-order valence-electron chi connectivity index (χ1n) is 11.6. The van der Waals surface area contributed by atoms with Crippen molar-refractivity contribution in [2.24, 2.45) is 0 Å². The number of carbonyl (C=O) groups excluding carboxylic acids is 1. The molecule has 0 bridgehead atoms. The van der Waals surface area contributed by atoms with E-state index in [2.05, 4.69) is 4.74 Å². The first-order valence-corrected chi connectivity index (χ1v) is 11.6. The molecule has 0 aliphatic carbocycles. The standard InChI is InChI=1S/C28H27F3O6/c1-18-16-22(10-8-20(18)9-13-26(32)33)35-15-14-19(2)36-25-12-11-23(37-28(29,30)31)17-24(25)27(34)21-6-4-3-5-7-21/h3-8,10-12,16-17,19H,9,13-15H2,1-2H3,(H,32,33). The van der Waals surface area contributed by atoms with E-state index in [4.69, 9.17) is 14.6 Å². The number of hydrogen-bond donors (Lipinski definition) is 1. The molecule has 0 saturated carbocycles. The second kappa shape index (κ2) is 12.3. The zero-order valence-electron chi connectivity index (χ0n) is 20.4. The number of benzene rings is 3. The molecule has 3 rings (SSSR count). The molecular formula is C28H27F3O6. The van der Waals surface area contributed by atoms with E-state index in [1.54, 1.807) is 43.3 Å². The fourth-order valence-corrected chi connectivity index (χ4v) is 3.63. The third-order valence-electron chi connectivity index (χ3n) is 5.51. The molecule has 0 aliphatic rings. The van der Waals surface area contributed by atoms with Gasteiger partial charge in [0.2, 0.25) is 0 Å². The van der Waals surface area contributed by atoms with Crippen molar-refractivity contribution in [1.82, 2.24) is 0 Å². The number of carboxylic acids is 1. The summed E-state index contributed by atoms with van der Waals surface area (Å²) in [5, 5.41) is 8.85. The molecule has 9 heteroatoms. The van der Waals surface area contributed by atoms with Gasteiger partial charge in [0.05, 0.1) is 18.3 Å². The number of rotatable bonds is 12. The van der Waals surface area contributed by atoms with Crippen LogP contribution in [0.3, 0.4) is 0 Å². The van der Waals surface area contributed by atoms with Crippen LogP contribution in [0, 0.1) is 6.92 Å². The monoisotopic (exact) mass is 516 g/mol. The van der Waals surface area contributed by atoms with Crippen molar-refractivity contribution in [3.8, 4) is 17.2 Å². The molecule has 0 radical (unpaired) electrons. The number of carbonyl (C=O) groups is 2. The molecule has 196 valence electrons. The molecule has 1 atom stereocenters. The van der Waals surface area contributed by atoms with E-state index >= 15 is 0 Å². The van der Waals surface area contributed by atoms with Gasteiger partial charge in [0.25, 0.3) is 0 Å². The first kappa shape index (κ1) is 27.6. The highest BCUT2D eigenvalue weighted by Gasteiger charge is 2.32. The normalized spacial score (nSPS) is 12.0. The van der Waals surface area contributed by atoms with Gasteiger partial charge in [-0.15, -0.1) is 13.2 Å². The van der Waals surface area contributed by atoms with E-state index < -0.39 is 30.0 Å². The fraction of sp³-hybridized carbons (Fsp3) is 0.286. The van der Waals surface area contributed by atoms with Crippen LogP contribution in [-0.2, 0) is 11.2 Å². The smallest absolute Gasteiger partial charge is 0.493 e. The molecule has 6 nitrogen and oxygen atoms in total. The van der Waals surface area contributed by atoms with E-state index in [1.807, 2.05) is 19.1 Å². The summed E-state index contributed by atoms with van der Waals surface area (Å²) in [7, 11) is 0. The molecule has 0 aliphatic heterocycles. The van der Waals surface area contributed by atoms with Crippen molar-refractivity contribution >= 4 is 11.8 Å². The van der Waals surface area contributed by atoms with Crippen LogP contribution in [0.2, 0.25) is 0 Å². The number of ether oxygens (including phenoxy) is 3. The highest BCUT2D eigenvalue weighted by Crippen LogP contribution is 2.31. The van der Waals surface area contributed by atoms with Crippen molar-refractivity contribution in [3.63, 3.8) is 0 Å². The van der Waals surface area contributed by atoms with E-state index in [0.717, 1.165) is 23.3 Å². The largest absolute Gasteiger partial charge is 0.573 e. The van der Waals surface area contributed by atoms with E-state index in [1.165, 1.54) is 6.07 Å². The van der Waals surface area contributed by atoms with Crippen LogP contribution < -0.4 is 14.2 Å². The Balaban J connectivity index is 1.66. The molecule has 37 heavy (non-hydrogen) atoms. The third kappa shape index (κ3) is 8.56. The van der Waals surface area contributed by atoms with Crippen LogP contribution >= 0.6 is 0 Å². The summed E-state index contributed by atoms with van der Waals surface area (Å²) in [4.78, 5) is 23.8. The molecule has 0 aromatic heterocycles.